The van der Waals surface area contributed by atoms with Gasteiger partial charge in [-0.25, -0.2) is 8.42 Å². The van der Waals surface area contributed by atoms with E-state index in [2.05, 4.69) is 5.32 Å². The molecule has 3 rings (SSSR count). The third-order valence-electron chi connectivity index (χ3n) is 4.70. The van der Waals surface area contributed by atoms with Crippen LogP contribution in [0.1, 0.15) is 11.1 Å². The Labute approximate surface area is 187 Å². The molecule has 0 bridgehead atoms. The highest BCUT2D eigenvalue weighted by Crippen LogP contribution is 2.29. The molecule has 0 unspecified atom stereocenters. The number of sulfonamides is 1. The van der Waals surface area contributed by atoms with Gasteiger partial charge in [0, 0.05) is 19.2 Å². The second kappa shape index (κ2) is 9.97. The monoisotopic (exact) mass is 453 g/mol. The van der Waals surface area contributed by atoms with Gasteiger partial charge >= 0.3 is 0 Å². The number of hydrogen-bond acceptors (Lipinski definition) is 5. The van der Waals surface area contributed by atoms with E-state index in [0.29, 0.717) is 21.7 Å². The van der Waals surface area contributed by atoms with Crippen molar-refractivity contribution in [3.05, 3.63) is 89.4 Å². The minimum absolute atomic E-state index is 0.0315. The fraction of sp³-hybridized carbons (Fsp3) is 0.130. The van der Waals surface area contributed by atoms with Crippen LogP contribution >= 0.6 is 0 Å². The van der Waals surface area contributed by atoms with Crippen molar-refractivity contribution in [1.29, 1.82) is 0 Å². The maximum Gasteiger partial charge on any atom is 0.264 e. The SMILES string of the molecule is CNC(=O)CN(c1ccccc1/C=C/c1cc[n+]([O-])cc1)S(=O)(=O)c1ccc(OC)cc1. The summed E-state index contributed by atoms with van der Waals surface area (Å²) in [6.07, 6.45) is 6.24. The predicted octanol–water partition coefficient (Wildman–Crippen LogP) is 2.44. The van der Waals surface area contributed by atoms with E-state index in [1.165, 1.54) is 38.7 Å². The minimum Gasteiger partial charge on any atom is -0.619 e. The smallest absolute Gasteiger partial charge is 0.264 e. The van der Waals surface area contributed by atoms with Crippen LogP contribution in [-0.2, 0) is 14.8 Å². The number of nitrogens with one attached hydrogen (secondary N) is 1. The minimum atomic E-state index is -4.06. The first-order chi connectivity index (χ1) is 15.3. The normalized spacial score (nSPS) is 11.3. The van der Waals surface area contributed by atoms with Crippen molar-refractivity contribution in [2.24, 2.45) is 0 Å². The number of aromatic nitrogens is 1. The Kier molecular flexibility index (Phi) is 7.11. The highest BCUT2D eigenvalue weighted by Gasteiger charge is 2.28. The van der Waals surface area contributed by atoms with Gasteiger partial charge in [0.1, 0.15) is 12.3 Å². The van der Waals surface area contributed by atoms with E-state index in [1.807, 2.05) is 0 Å². The average molecular weight is 454 g/mol. The van der Waals surface area contributed by atoms with E-state index in [-0.39, 0.29) is 4.90 Å². The quantitative estimate of drug-likeness (QED) is 0.417. The summed E-state index contributed by atoms with van der Waals surface area (Å²) >= 11 is 0. The van der Waals surface area contributed by atoms with E-state index in [9.17, 15) is 18.4 Å². The summed E-state index contributed by atoms with van der Waals surface area (Å²) in [5.74, 6) is 0.0660. The zero-order chi connectivity index (χ0) is 23.1. The number of para-hydroxylation sites is 1. The van der Waals surface area contributed by atoms with E-state index in [0.717, 1.165) is 9.87 Å². The van der Waals surface area contributed by atoms with Crippen molar-refractivity contribution in [1.82, 2.24) is 5.32 Å². The summed E-state index contributed by atoms with van der Waals surface area (Å²) < 4.78 is 33.8. The van der Waals surface area contributed by atoms with Crippen molar-refractivity contribution < 1.29 is 22.7 Å². The number of likely N-dealkylation sites (N-methyl/N-ethyl adjacent to an activating group) is 1. The summed E-state index contributed by atoms with van der Waals surface area (Å²) in [5.41, 5.74) is 1.70. The molecular weight excluding hydrogens is 430 g/mol. The molecule has 0 saturated carbocycles. The van der Waals surface area contributed by atoms with Crippen molar-refractivity contribution >= 4 is 33.8 Å². The van der Waals surface area contributed by atoms with Crippen LogP contribution in [-0.4, -0.2) is 35.0 Å². The van der Waals surface area contributed by atoms with E-state index in [4.69, 9.17) is 4.74 Å². The van der Waals surface area contributed by atoms with Crippen LogP contribution in [0.2, 0.25) is 0 Å². The number of benzene rings is 2. The molecule has 0 aliphatic rings. The number of rotatable bonds is 8. The van der Waals surface area contributed by atoms with E-state index in [1.54, 1.807) is 60.7 Å². The van der Waals surface area contributed by atoms with Gasteiger partial charge in [0.25, 0.3) is 10.0 Å². The Morgan fingerprint density at radius 1 is 1.06 bits per heavy atom. The van der Waals surface area contributed by atoms with Crippen LogP contribution in [0.5, 0.6) is 5.75 Å². The van der Waals surface area contributed by atoms with Gasteiger partial charge in [-0.05, 0) is 41.5 Å². The number of pyridine rings is 1. The number of hydrogen-bond donors (Lipinski definition) is 1. The van der Waals surface area contributed by atoms with Crippen molar-refractivity contribution in [3.8, 4) is 5.75 Å². The lowest BCUT2D eigenvalue weighted by Crippen LogP contribution is -2.40. The van der Waals surface area contributed by atoms with E-state index < -0.39 is 22.5 Å². The topological polar surface area (TPSA) is 103 Å². The van der Waals surface area contributed by atoms with Crippen LogP contribution < -0.4 is 19.1 Å². The van der Waals surface area contributed by atoms with Crippen LogP contribution in [0.3, 0.4) is 0 Å². The van der Waals surface area contributed by atoms with Gasteiger partial charge in [0.15, 0.2) is 12.4 Å². The van der Waals surface area contributed by atoms with Crippen molar-refractivity contribution in [2.75, 3.05) is 25.0 Å². The van der Waals surface area contributed by atoms with Gasteiger partial charge in [-0.1, -0.05) is 30.4 Å². The first-order valence-corrected chi connectivity index (χ1v) is 11.1. The van der Waals surface area contributed by atoms with Gasteiger partial charge in [0.05, 0.1) is 17.7 Å². The summed E-state index contributed by atoms with van der Waals surface area (Å²) in [7, 11) is -1.12. The number of nitrogens with zero attached hydrogens (tertiary/aromatic N) is 2. The maximum absolute atomic E-state index is 13.5. The summed E-state index contributed by atoms with van der Waals surface area (Å²) in [6, 6.07) is 16.1. The third-order valence-corrected chi connectivity index (χ3v) is 6.48. The number of anilines is 1. The van der Waals surface area contributed by atoms with Gasteiger partial charge in [-0.2, -0.15) is 4.73 Å². The second-order valence-corrected chi connectivity index (χ2v) is 8.61. The summed E-state index contributed by atoms with van der Waals surface area (Å²) in [6.45, 7) is -0.392. The van der Waals surface area contributed by atoms with Crippen LogP contribution in [0, 0.1) is 5.21 Å². The molecule has 32 heavy (non-hydrogen) atoms. The molecule has 8 nitrogen and oxygen atoms in total. The molecule has 0 aliphatic heterocycles. The Hall–Kier alpha value is -3.85. The molecule has 166 valence electrons. The standard InChI is InChI=1S/C23H23N3O5S/c1-24-23(27)17-26(32(29,30)21-11-9-20(31-2)10-12-21)22-6-4-3-5-19(22)8-7-18-13-15-25(28)16-14-18/h3-16H,17H2,1-2H3,(H,24,27)/b8-7+. The predicted molar refractivity (Wildman–Crippen MR) is 122 cm³/mol. The van der Waals surface area contributed by atoms with Gasteiger partial charge in [-0.3, -0.25) is 9.10 Å². The van der Waals surface area contributed by atoms with Crippen LogP contribution in [0.25, 0.3) is 12.2 Å². The maximum atomic E-state index is 13.5. The summed E-state index contributed by atoms with van der Waals surface area (Å²) in [4.78, 5) is 12.2. The molecule has 1 aromatic heterocycles. The van der Waals surface area contributed by atoms with E-state index >= 15 is 0 Å². The molecule has 0 aliphatic carbocycles. The molecule has 9 heteroatoms. The molecule has 0 spiro atoms. The third kappa shape index (κ3) is 5.25. The van der Waals surface area contributed by atoms with Crippen LogP contribution in [0.15, 0.2) is 78.0 Å². The van der Waals surface area contributed by atoms with Crippen LogP contribution in [0.4, 0.5) is 5.69 Å². The second-order valence-electron chi connectivity index (χ2n) is 6.74. The zero-order valence-electron chi connectivity index (χ0n) is 17.6. The lowest BCUT2D eigenvalue weighted by molar-refractivity contribution is -0.605. The molecule has 0 radical (unpaired) electrons. The van der Waals surface area contributed by atoms with Gasteiger partial charge in [0.2, 0.25) is 5.91 Å². The van der Waals surface area contributed by atoms with Gasteiger partial charge < -0.3 is 15.3 Å². The van der Waals surface area contributed by atoms with Crippen molar-refractivity contribution in [3.63, 3.8) is 0 Å². The Morgan fingerprint density at radius 3 is 2.34 bits per heavy atom. The lowest BCUT2D eigenvalue weighted by Gasteiger charge is -2.25. The van der Waals surface area contributed by atoms with Gasteiger partial charge in [-0.15, -0.1) is 0 Å². The molecular formula is C23H23N3O5S. The number of amides is 1. The Morgan fingerprint density at radius 2 is 1.72 bits per heavy atom. The molecule has 0 atom stereocenters. The Bertz CT molecular complexity index is 1210. The summed E-state index contributed by atoms with van der Waals surface area (Å²) in [5, 5.41) is 13.7. The Balaban J connectivity index is 2.05. The first-order valence-electron chi connectivity index (χ1n) is 9.68. The molecule has 1 heterocycles. The fourth-order valence-electron chi connectivity index (χ4n) is 2.96. The number of carbonyl (C=O) groups is 1. The lowest BCUT2D eigenvalue weighted by atomic mass is 10.1. The molecule has 2 aromatic carbocycles. The highest BCUT2D eigenvalue weighted by molar-refractivity contribution is 7.92. The molecule has 0 saturated heterocycles. The molecule has 3 aromatic rings. The largest absolute Gasteiger partial charge is 0.619 e. The average Bonchev–Trinajstić information content (AvgIpc) is 2.82. The zero-order valence-corrected chi connectivity index (χ0v) is 18.5. The molecule has 0 fully saturated rings. The first kappa shape index (κ1) is 22.8. The molecule has 1 amide bonds. The molecule has 1 N–H and O–H groups in total. The highest BCUT2D eigenvalue weighted by atomic mass is 32.2. The number of carbonyl (C=O) groups excluding carboxylic acids is 1. The number of methoxy groups -OCH3 is 1. The number of ether oxygens (including phenoxy) is 1. The fourth-order valence-corrected chi connectivity index (χ4v) is 4.41. The van der Waals surface area contributed by atoms with Crippen molar-refractivity contribution in [2.45, 2.75) is 4.90 Å².